The van der Waals surface area contributed by atoms with E-state index in [0.29, 0.717) is 35.1 Å². The maximum atomic E-state index is 13.1. The van der Waals surface area contributed by atoms with Crippen molar-refractivity contribution in [3.05, 3.63) is 142 Å². The molecule has 0 atom stereocenters. The van der Waals surface area contributed by atoms with Gasteiger partial charge in [-0.3, -0.25) is 9.59 Å². The van der Waals surface area contributed by atoms with E-state index < -0.39 is 5.63 Å². The summed E-state index contributed by atoms with van der Waals surface area (Å²) in [6, 6.07) is 30.8. The summed E-state index contributed by atoms with van der Waals surface area (Å²) in [6.07, 6.45) is 6.83. The molecule has 1 saturated heterocycles. The van der Waals surface area contributed by atoms with Crippen LogP contribution in [-0.2, 0) is 17.6 Å². The van der Waals surface area contributed by atoms with Crippen molar-refractivity contribution < 1.29 is 18.7 Å². The molecule has 3 aromatic heterocycles. The minimum atomic E-state index is -0.464. The molecule has 10 nitrogen and oxygen atoms in total. The number of ether oxygens (including phenoxy) is 1. The SMILES string of the molecule is CCc1ccc(-c2nc3cccnc3c(=O)o2)c2ccccc12.CCc1ccc(C(=O)Nc2cccnc2C(=O)NCC2CCOCC2)c2ccccc12. The van der Waals surface area contributed by atoms with Crippen molar-refractivity contribution in [1.82, 2.24) is 20.3 Å². The summed E-state index contributed by atoms with van der Waals surface area (Å²) < 4.78 is 10.8. The fourth-order valence-corrected chi connectivity index (χ4v) is 6.90. The minimum absolute atomic E-state index is 0.220. The molecule has 4 aromatic carbocycles. The number of fused-ring (bicyclic) bond motifs is 3. The van der Waals surface area contributed by atoms with E-state index in [1.54, 1.807) is 36.7 Å². The van der Waals surface area contributed by atoms with Crippen molar-refractivity contribution in [2.45, 2.75) is 39.5 Å². The number of pyridine rings is 2. The quantitative estimate of drug-likeness (QED) is 0.161. The summed E-state index contributed by atoms with van der Waals surface area (Å²) in [4.78, 5) is 50.8. The zero-order valence-electron chi connectivity index (χ0n) is 30.3. The number of amides is 2. The lowest BCUT2D eigenvalue weighted by Gasteiger charge is -2.22. The number of carbonyl (C=O) groups excluding carboxylic acids is 2. The molecule has 8 rings (SSSR count). The first-order valence-electron chi connectivity index (χ1n) is 18.3. The summed E-state index contributed by atoms with van der Waals surface area (Å²) in [5.41, 5.74) is 4.81. The molecule has 1 aliphatic heterocycles. The van der Waals surface area contributed by atoms with Crippen molar-refractivity contribution in [3.8, 4) is 11.5 Å². The summed E-state index contributed by atoms with van der Waals surface area (Å²) in [5.74, 6) is 0.191. The number of hydrogen-bond donors (Lipinski definition) is 2. The van der Waals surface area contributed by atoms with Gasteiger partial charge in [0.15, 0.2) is 11.2 Å². The van der Waals surface area contributed by atoms with Crippen molar-refractivity contribution in [3.63, 3.8) is 0 Å². The lowest BCUT2D eigenvalue weighted by molar-refractivity contribution is 0.0642. The first-order valence-corrected chi connectivity index (χ1v) is 18.3. The van der Waals surface area contributed by atoms with Gasteiger partial charge in [0, 0.05) is 43.3 Å². The van der Waals surface area contributed by atoms with Gasteiger partial charge in [0.05, 0.1) is 5.69 Å². The monoisotopic (exact) mass is 719 g/mol. The molecule has 0 unspecified atom stereocenters. The van der Waals surface area contributed by atoms with Crippen LogP contribution in [0.5, 0.6) is 0 Å². The van der Waals surface area contributed by atoms with Crippen LogP contribution in [0.2, 0.25) is 0 Å². The molecular formula is C44H41N5O5. The Kier molecular flexibility index (Phi) is 11.1. The van der Waals surface area contributed by atoms with Gasteiger partial charge >= 0.3 is 5.63 Å². The van der Waals surface area contributed by atoms with Gasteiger partial charge in [-0.2, -0.15) is 0 Å². The molecule has 4 heterocycles. The highest BCUT2D eigenvalue weighted by Crippen LogP contribution is 2.30. The van der Waals surface area contributed by atoms with Gasteiger partial charge in [-0.15, -0.1) is 0 Å². The second-order valence-electron chi connectivity index (χ2n) is 13.1. The van der Waals surface area contributed by atoms with Gasteiger partial charge in [-0.1, -0.05) is 74.5 Å². The van der Waals surface area contributed by atoms with Crippen molar-refractivity contribution in [2.24, 2.45) is 5.92 Å². The van der Waals surface area contributed by atoms with E-state index in [-0.39, 0.29) is 23.0 Å². The van der Waals surface area contributed by atoms with Crippen molar-refractivity contribution >= 4 is 50.1 Å². The highest BCUT2D eigenvalue weighted by atomic mass is 16.5. The van der Waals surface area contributed by atoms with Gasteiger partial charge < -0.3 is 19.8 Å². The van der Waals surface area contributed by atoms with E-state index in [1.165, 1.54) is 11.1 Å². The van der Waals surface area contributed by atoms with E-state index in [1.807, 2.05) is 60.7 Å². The van der Waals surface area contributed by atoms with Crippen LogP contribution < -0.4 is 16.3 Å². The predicted molar refractivity (Wildman–Crippen MR) is 212 cm³/mol. The van der Waals surface area contributed by atoms with E-state index >= 15 is 0 Å². The van der Waals surface area contributed by atoms with E-state index in [0.717, 1.165) is 66.0 Å². The molecule has 0 bridgehead atoms. The highest BCUT2D eigenvalue weighted by molar-refractivity contribution is 6.15. The van der Waals surface area contributed by atoms with Gasteiger partial charge in [0.2, 0.25) is 5.89 Å². The van der Waals surface area contributed by atoms with E-state index in [2.05, 4.69) is 51.6 Å². The molecule has 0 spiro atoms. The van der Waals surface area contributed by atoms with Gasteiger partial charge in [0.1, 0.15) is 5.52 Å². The summed E-state index contributed by atoms with van der Waals surface area (Å²) >= 11 is 0. The number of nitrogens with one attached hydrogen (secondary N) is 2. The fourth-order valence-electron chi connectivity index (χ4n) is 6.90. The second kappa shape index (κ2) is 16.6. The number of benzene rings is 4. The van der Waals surface area contributed by atoms with Crippen LogP contribution >= 0.6 is 0 Å². The molecule has 0 aliphatic carbocycles. The van der Waals surface area contributed by atoms with E-state index in [4.69, 9.17) is 9.15 Å². The number of hydrogen-bond acceptors (Lipinski definition) is 8. The zero-order valence-corrected chi connectivity index (χ0v) is 30.3. The van der Waals surface area contributed by atoms with Crippen LogP contribution in [0.1, 0.15) is 58.7 Å². The Bertz CT molecular complexity index is 2520. The van der Waals surface area contributed by atoms with Crippen LogP contribution in [0.15, 0.2) is 119 Å². The molecule has 2 N–H and O–H groups in total. The Labute approximate surface area is 312 Å². The third kappa shape index (κ3) is 7.74. The summed E-state index contributed by atoms with van der Waals surface area (Å²) in [5, 5.41) is 10.0. The first kappa shape index (κ1) is 36.1. The number of anilines is 1. The Balaban J connectivity index is 0.000000174. The second-order valence-corrected chi connectivity index (χ2v) is 13.1. The predicted octanol–water partition coefficient (Wildman–Crippen LogP) is 8.17. The van der Waals surface area contributed by atoms with Gasteiger partial charge in [-0.05, 0) is 101 Å². The summed E-state index contributed by atoms with van der Waals surface area (Å²) in [7, 11) is 0. The Hall–Kier alpha value is -6.26. The number of rotatable bonds is 8. The summed E-state index contributed by atoms with van der Waals surface area (Å²) in [6.45, 7) is 6.27. The lowest BCUT2D eigenvalue weighted by atomic mass is 9.97. The van der Waals surface area contributed by atoms with Crippen LogP contribution in [0.4, 0.5) is 5.69 Å². The fraction of sp³-hybridized carbons (Fsp3) is 0.227. The Morgan fingerprint density at radius 3 is 2.11 bits per heavy atom. The molecule has 0 saturated carbocycles. The maximum Gasteiger partial charge on any atom is 0.365 e. The van der Waals surface area contributed by atoms with Crippen LogP contribution in [0, 0.1) is 5.92 Å². The van der Waals surface area contributed by atoms with Gasteiger partial charge in [-0.25, -0.2) is 19.7 Å². The molecule has 1 fully saturated rings. The Morgan fingerprint density at radius 2 is 1.37 bits per heavy atom. The van der Waals surface area contributed by atoms with E-state index in [9.17, 15) is 14.4 Å². The average molecular weight is 720 g/mol. The Morgan fingerprint density at radius 1 is 0.722 bits per heavy atom. The normalized spacial score (nSPS) is 13.0. The molecule has 54 heavy (non-hydrogen) atoms. The lowest BCUT2D eigenvalue weighted by Crippen LogP contribution is -2.33. The average Bonchev–Trinajstić information content (AvgIpc) is 3.22. The molecule has 272 valence electrons. The largest absolute Gasteiger partial charge is 0.402 e. The zero-order chi connectivity index (χ0) is 37.4. The molecule has 7 aromatic rings. The van der Waals surface area contributed by atoms with Crippen LogP contribution in [0.3, 0.4) is 0 Å². The molecule has 10 heteroatoms. The van der Waals surface area contributed by atoms with Crippen molar-refractivity contribution in [1.29, 1.82) is 0 Å². The highest BCUT2D eigenvalue weighted by Gasteiger charge is 2.20. The van der Waals surface area contributed by atoms with Crippen LogP contribution in [-0.4, -0.2) is 46.5 Å². The van der Waals surface area contributed by atoms with Crippen LogP contribution in [0.25, 0.3) is 44.0 Å². The number of aryl methyl sites for hydroxylation is 2. The van der Waals surface area contributed by atoms with Crippen molar-refractivity contribution in [2.75, 3.05) is 25.1 Å². The number of nitrogens with zero attached hydrogens (tertiary/aromatic N) is 3. The maximum absolute atomic E-state index is 13.1. The molecule has 1 aliphatic rings. The topological polar surface area (TPSA) is 136 Å². The third-order valence-corrected chi connectivity index (χ3v) is 9.82. The minimum Gasteiger partial charge on any atom is -0.402 e. The van der Waals surface area contributed by atoms with Gasteiger partial charge in [0.25, 0.3) is 11.8 Å². The smallest absolute Gasteiger partial charge is 0.365 e. The number of aromatic nitrogens is 3. The molecule has 0 radical (unpaired) electrons. The molecular weight excluding hydrogens is 679 g/mol. The standard InChI is InChI=1S/C25H27N3O3.C19H14N2O2/c1-2-18-9-10-21(20-7-4-3-6-19(18)20)24(29)28-22-8-5-13-26-23(22)25(30)27-16-17-11-14-31-15-12-17;1-2-12-9-10-15(14-7-4-3-6-13(12)14)18-21-16-8-5-11-20-17(16)19(22)23-18/h3-10,13,17H,2,11-12,14-16H2,1H3,(H,27,30)(H,28,29);3-11H,2H2,1H3. The molecule has 2 amide bonds. The number of carbonyl (C=O) groups is 2. The first-order chi connectivity index (χ1) is 26.4. The third-order valence-electron chi connectivity index (χ3n) is 9.82.